The third-order valence-electron chi connectivity index (χ3n) is 3.02. The first-order valence-corrected chi connectivity index (χ1v) is 6.93. The van der Waals surface area contributed by atoms with Gasteiger partial charge in [0.2, 0.25) is 0 Å². The van der Waals surface area contributed by atoms with E-state index in [2.05, 4.69) is 10.2 Å². The maximum Gasteiger partial charge on any atom is 0.339 e. The summed E-state index contributed by atoms with van der Waals surface area (Å²) in [6.45, 7) is 3.44. The Morgan fingerprint density at radius 2 is 2.56 bits per heavy atom. The number of aryl methyl sites for hydroxylation is 1. The fourth-order valence-electron chi connectivity index (χ4n) is 1.97. The number of aromatic nitrogens is 3. The van der Waals surface area contributed by atoms with Crippen LogP contribution in [0.2, 0.25) is 0 Å². The van der Waals surface area contributed by atoms with Crippen LogP contribution in [0.25, 0.3) is 0 Å². The summed E-state index contributed by atoms with van der Waals surface area (Å²) in [7, 11) is 1.39. The fourth-order valence-corrected chi connectivity index (χ4v) is 3.13. The molecule has 0 spiro atoms. The Morgan fingerprint density at radius 3 is 3.17 bits per heavy atom. The van der Waals surface area contributed by atoms with Gasteiger partial charge < -0.3 is 14.0 Å². The number of thioether (sulfide) groups is 1. The number of carbonyl (C=O) groups is 1. The molecule has 1 atom stereocenters. The molecule has 2 rings (SSSR count). The lowest BCUT2D eigenvalue weighted by Crippen LogP contribution is -2.41. The highest BCUT2D eigenvalue weighted by Crippen LogP contribution is 2.32. The van der Waals surface area contributed by atoms with E-state index in [-0.39, 0.29) is 5.97 Å². The molecule has 0 N–H and O–H groups in total. The number of nitrogens with zero attached hydrogens (tertiary/aromatic N) is 3. The zero-order chi connectivity index (χ0) is 13.0. The summed E-state index contributed by atoms with van der Waals surface area (Å²) >= 11 is 1.48. The molecule has 0 aromatic carbocycles. The van der Waals surface area contributed by atoms with Crippen LogP contribution in [-0.2, 0) is 20.8 Å². The maximum atomic E-state index is 11.8. The van der Waals surface area contributed by atoms with Crippen LogP contribution in [0.1, 0.15) is 19.8 Å². The number of methoxy groups -OCH3 is 1. The molecule has 1 unspecified atom stereocenters. The van der Waals surface area contributed by atoms with Gasteiger partial charge in [-0.2, -0.15) is 0 Å². The van der Waals surface area contributed by atoms with Gasteiger partial charge in [-0.05, 0) is 19.8 Å². The van der Waals surface area contributed by atoms with Crippen LogP contribution >= 0.6 is 11.8 Å². The molecule has 6 nitrogen and oxygen atoms in total. The SMILES string of the molecule is CCn1cnnc1SCC1(C(=O)OC)CCCO1. The van der Waals surface area contributed by atoms with Gasteiger partial charge in [-0.3, -0.25) is 0 Å². The Kier molecular flexibility index (Phi) is 4.23. The second kappa shape index (κ2) is 5.71. The molecule has 1 aromatic heterocycles. The van der Waals surface area contributed by atoms with Crippen LogP contribution < -0.4 is 0 Å². The quantitative estimate of drug-likeness (QED) is 0.590. The number of carbonyl (C=O) groups excluding carboxylic acids is 1. The molecule has 1 saturated heterocycles. The van der Waals surface area contributed by atoms with E-state index in [1.54, 1.807) is 6.33 Å². The van der Waals surface area contributed by atoms with Gasteiger partial charge in [0, 0.05) is 18.9 Å². The van der Waals surface area contributed by atoms with E-state index in [0.717, 1.165) is 18.1 Å². The largest absolute Gasteiger partial charge is 0.467 e. The van der Waals surface area contributed by atoms with Gasteiger partial charge in [0.25, 0.3) is 0 Å². The van der Waals surface area contributed by atoms with Gasteiger partial charge in [0.1, 0.15) is 6.33 Å². The molecule has 0 amide bonds. The van der Waals surface area contributed by atoms with E-state index in [9.17, 15) is 4.79 Å². The number of rotatable bonds is 5. The van der Waals surface area contributed by atoms with Crippen molar-refractivity contribution in [3.05, 3.63) is 6.33 Å². The molecule has 0 saturated carbocycles. The lowest BCUT2D eigenvalue weighted by atomic mass is 10.0. The van der Waals surface area contributed by atoms with Crippen LogP contribution in [0.4, 0.5) is 0 Å². The summed E-state index contributed by atoms with van der Waals surface area (Å²) in [5.74, 6) is 0.216. The highest BCUT2D eigenvalue weighted by atomic mass is 32.2. The lowest BCUT2D eigenvalue weighted by molar-refractivity contribution is -0.161. The van der Waals surface area contributed by atoms with Crippen molar-refractivity contribution >= 4 is 17.7 Å². The van der Waals surface area contributed by atoms with Gasteiger partial charge in [-0.15, -0.1) is 10.2 Å². The first-order valence-electron chi connectivity index (χ1n) is 5.95. The highest BCUT2D eigenvalue weighted by molar-refractivity contribution is 7.99. The Bertz CT molecular complexity index is 415. The molecule has 0 aliphatic carbocycles. The van der Waals surface area contributed by atoms with E-state index < -0.39 is 5.60 Å². The molecule has 1 aromatic rings. The fraction of sp³-hybridized carbons (Fsp3) is 0.727. The average Bonchev–Trinajstić information content (AvgIpc) is 3.04. The van der Waals surface area contributed by atoms with E-state index in [4.69, 9.17) is 9.47 Å². The first-order chi connectivity index (χ1) is 8.72. The maximum absolute atomic E-state index is 11.8. The number of ether oxygens (including phenoxy) is 2. The van der Waals surface area contributed by atoms with Crippen LogP contribution in [-0.4, -0.2) is 45.8 Å². The summed E-state index contributed by atoms with van der Waals surface area (Å²) < 4.78 is 12.4. The minimum atomic E-state index is -0.816. The topological polar surface area (TPSA) is 66.2 Å². The first kappa shape index (κ1) is 13.4. The molecule has 1 aliphatic heterocycles. The average molecular weight is 271 g/mol. The molecule has 0 bridgehead atoms. The van der Waals surface area contributed by atoms with E-state index in [1.165, 1.54) is 18.9 Å². The van der Waals surface area contributed by atoms with Gasteiger partial charge in [-0.25, -0.2) is 4.79 Å². The monoisotopic (exact) mass is 271 g/mol. The van der Waals surface area contributed by atoms with Gasteiger partial charge >= 0.3 is 5.97 Å². The second-order valence-corrected chi connectivity index (χ2v) is 5.07. The zero-order valence-corrected chi connectivity index (χ0v) is 11.4. The number of hydrogen-bond donors (Lipinski definition) is 0. The van der Waals surface area contributed by atoms with Gasteiger partial charge in [-0.1, -0.05) is 11.8 Å². The van der Waals surface area contributed by atoms with Gasteiger partial charge in [0.05, 0.1) is 7.11 Å². The second-order valence-electron chi connectivity index (χ2n) is 4.13. The summed E-state index contributed by atoms with van der Waals surface area (Å²) in [4.78, 5) is 11.8. The van der Waals surface area contributed by atoms with Crippen molar-refractivity contribution in [1.29, 1.82) is 0 Å². The van der Waals surface area contributed by atoms with Crippen molar-refractivity contribution in [3.63, 3.8) is 0 Å². The van der Waals surface area contributed by atoms with E-state index in [0.29, 0.717) is 18.8 Å². The van der Waals surface area contributed by atoms with Crippen molar-refractivity contribution in [1.82, 2.24) is 14.8 Å². The van der Waals surface area contributed by atoms with Crippen LogP contribution in [0, 0.1) is 0 Å². The normalized spacial score (nSPS) is 23.2. The summed E-state index contributed by atoms with van der Waals surface area (Å²) in [6, 6.07) is 0. The Morgan fingerprint density at radius 1 is 1.72 bits per heavy atom. The molecule has 2 heterocycles. The highest BCUT2D eigenvalue weighted by Gasteiger charge is 2.44. The van der Waals surface area contributed by atoms with Crippen molar-refractivity contribution in [3.8, 4) is 0 Å². The lowest BCUT2D eigenvalue weighted by Gasteiger charge is -2.24. The Hall–Kier alpha value is -1.08. The standard InChI is InChI=1S/C11H17N3O3S/c1-3-14-8-12-13-10(14)18-7-11(9(15)16-2)5-4-6-17-11/h8H,3-7H2,1-2H3. The molecular weight excluding hydrogens is 254 g/mol. The van der Waals surface area contributed by atoms with E-state index in [1.807, 2.05) is 11.5 Å². The molecule has 1 aliphatic rings. The zero-order valence-electron chi connectivity index (χ0n) is 10.6. The molecule has 100 valence electrons. The van der Waals surface area contributed by atoms with Crippen molar-refractivity contribution in [2.75, 3.05) is 19.5 Å². The summed E-state index contributed by atoms with van der Waals surface area (Å²) in [5, 5.41) is 8.70. The molecule has 18 heavy (non-hydrogen) atoms. The van der Waals surface area contributed by atoms with Crippen molar-refractivity contribution < 1.29 is 14.3 Å². The summed E-state index contributed by atoms with van der Waals surface area (Å²) in [5.41, 5.74) is -0.816. The van der Waals surface area contributed by atoms with Crippen molar-refractivity contribution in [2.45, 2.75) is 37.1 Å². The molecule has 7 heteroatoms. The molecule has 1 fully saturated rings. The van der Waals surface area contributed by atoms with Crippen LogP contribution in [0.3, 0.4) is 0 Å². The predicted octanol–water partition coefficient (Wildman–Crippen LogP) is 1.11. The third kappa shape index (κ3) is 2.51. The van der Waals surface area contributed by atoms with E-state index >= 15 is 0 Å². The third-order valence-corrected chi connectivity index (χ3v) is 4.20. The smallest absolute Gasteiger partial charge is 0.339 e. The number of hydrogen-bond acceptors (Lipinski definition) is 6. The minimum Gasteiger partial charge on any atom is -0.467 e. The number of esters is 1. The predicted molar refractivity (Wildman–Crippen MR) is 66.4 cm³/mol. The Labute approximate surface area is 110 Å². The van der Waals surface area contributed by atoms with Crippen LogP contribution in [0.5, 0.6) is 0 Å². The van der Waals surface area contributed by atoms with Gasteiger partial charge in [0.15, 0.2) is 10.8 Å². The van der Waals surface area contributed by atoms with Crippen molar-refractivity contribution in [2.24, 2.45) is 0 Å². The Balaban J connectivity index is 2.04. The minimum absolute atomic E-state index is 0.296. The van der Waals surface area contributed by atoms with Crippen LogP contribution in [0.15, 0.2) is 11.5 Å². The summed E-state index contributed by atoms with van der Waals surface area (Å²) in [6.07, 6.45) is 3.27. The molecule has 0 radical (unpaired) electrons. The molecular formula is C11H17N3O3S.